The van der Waals surface area contributed by atoms with Crippen LogP contribution in [0.3, 0.4) is 0 Å². The number of hydrogen-bond donors (Lipinski definition) is 0. The summed E-state index contributed by atoms with van der Waals surface area (Å²) < 4.78 is 19.5. The van der Waals surface area contributed by atoms with Gasteiger partial charge in [-0.3, -0.25) is 18.3 Å². The number of hydrogen-bond acceptors (Lipinski definition) is 2. The first-order chi connectivity index (χ1) is 37.4. The van der Waals surface area contributed by atoms with Gasteiger partial charge in [-0.25, -0.2) is 0 Å². The van der Waals surface area contributed by atoms with Crippen LogP contribution in [0, 0.1) is 25.2 Å². The van der Waals surface area contributed by atoms with Gasteiger partial charge >= 0.3 is 0 Å². The zero-order valence-electron chi connectivity index (χ0n) is 49.7. The van der Waals surface area contributed by atoms with Gasteiger partial charge in [0, 0.05) is 44.8 Å². The second-order valence-electron chi connectivity index (χ2n) is 23.6. The summed E-state index contributed by atoms with van der Waals surface area (Å²) >= 11 is 0. The Morgan fingerprint density at radius 3 is 0.875 bits per heavy atom. The minimum atomic E-state index is 0. The first kappa shape index (κ1) is 61.7. The van der Waals surface area contributed by atoms with E-state index in [0.717, 1.165) is 21.9 Å². The number of nitrogens with zero attached hydrogens (tertiary/aromatic N) is 4. The second kappa shape index (κ2) is 26.3. The van der Waals surface area contributed by atoms with Crippen LogP contribution in [-0.4, -0.2) is 9.13 Å². The molecule has 4 heterocycles. The fourth-order valence-corrected chi connectivity index (χ4v) is 11.2. The van der Waals surface area contributed by atoms with Crippen molar-refractivity contribution < 1.29 is 62.7 Å². The number of para-hydroxylation sites is 8. The summed E-state index contributed by atoms with van der Waals surface area (Å²) in [4.78, 5) is 0. The summed E-state index contributed by atoms with van der Waals surface area (Å²) in [5.74, 6) is 3.41. The molecule has 0 N–H and O–H groups in total. The molecule has 0 atom stereocenters. The molecule has 80 heavy (non-hydrogen) atoms. The van der Waals surface area contributed by atoms with Crippen molar-refractivity contribution in [2.45, 2.75) is 158 Å². The third-order valence-corrected chi connectivity index (χ3v) is 15.3. The number of benzene rings is 7. The van der Waals surface area contributed by atoms with E-state index in [4.69, 9.17) is 8.83 Å². The van der Waals surface area contributed by atoms with Crippen LogP contribution in [0.25, 0.3) is 66.8 Å². The van der Waals surface area contributed by atoms with Crippen molar-refractivity contribution in [1.82, 2.24) is 9.13 Å². The molecule has 0 saturated heterocycles. The number of furan rings is 2. The average molecular weight is 1430 g/mol. The van der Waals surface area contributed by atoms with Crippen LogP contribution in [-0.2, 0) is 44.8 Å². The van der Waals surface area contributed by atoms with Crippen molar-refractivity contribution in [3.05, 3.63) is 215 Å². The second-order valence-corrected chi connectivity index (χ2v) is 23.6. The molecule has 8 heteroatoms. The maximum atomic E-state index is 5.11. The molecule has 0 fully saturated rings. The molecule has 0 aliphatic heterocycles. The summed E-state index contributed by atoms with van der Waals surface area (Å²) in [6.07, 6.45) is 13.0. The van der Waals surface area contributed by atoms with Gasteiger partial charge < -0.3 is 8.83 Å². The molecule has 11 rings (SSSR count). The Hall–Kier alpha value is -5.96. The minimum absolute atomic E-state index is 0. The van der Waals surface area contributed by atoms with Crippen molar-refractivity contribution >= 4 is 44.0 Å². The standard InChI is InChI=1S/2C31H38N2.C10H4O2.2Au/c2*1-20(2)24-13-11-14-25(21(3)4)30(24)32-19-33(29-18-10-9-17-28(29)32)31-26(22(5)6)15-12-16-27(31)23(7)8;1-3-11-9-6-8-2-4-12-10(8)5-7(1)9;;/h2*9-18,20-23H,1-8H3;1-2,5-6H;;/q;;-2;;. The molecule has 0 spiro atoms. The van der Waals surface area contributed by atoms with Gasteiger partial charge in [0.2, 0.25) is 0 Å². The van der Waals surface area contributed by atoms with Crippen LogP contribution in [0.4, 0.5) is 0 Å². The first-order valence-corrected chi connectivity index (χ1v) is 28.5. The Bertz CT molecular complexity index is 3270. The Kier molecular flexibility index (Phi) is 20.3. The molecule has 11 aromatic rings. The number of aromatic nitrogens is 4. The van der Waals surface area contributed by atoms with Gasteiger partial charge in [-0.15, -0.1) is 35.0 Å². The molecule has 0 unspecified atom stereocenters. The molecule has 0 aliphatic rings. The van der Waals surface area contributed by atoms with Crippen LogP contribution < -0.4 is 9.13 Å². The van der Waals surface area contributed by atoms with Crippen LogP contribution >= 0.6 is 0 Å². The molecule has 6 nitrogen and oxygen atoms in total. The van der Waals surface area contributed by atoms with E-state index >= 15 is 0 Å². The van der Waals surface area contributed by atoms with Gasteiger partial charge in [0.15, 0.2) is 0 Å². The van der Waals surface area contributed by atoms with Crippen molar-refractivity contribution in [3.63, 3.8) is 0 Å². The molecule has 0 aliphatic carbocycles. The summed E-state index contributed by atoms with van der Waals surface area (Å²) in [6, 6.07) is 52.0. The van der Waals surface area contributed by atoms with E-state index in [-0.39, 0.29) is 44.8 Å². The number of imidazole rings is 2. The van der Waals surface area contributed by atoms with Crippen LogP contribution in [0.5, 0.6) is 0 Å². The topological polar surface area (TPSA) is 43.9 Å². The van der Waals surface area contributed by atoms with Crippen LogP contribution in [0.15, 0.2) is 154 Å². The van der Waals surface area contributed by atoms with Gasteiger partial charge in [-0.2, -0.15) is 0 Å². The van der Waals surface area contributed by atoms with E-state index in [1.165, 1.54) is 89.3 Å². The molecular weight excluding hydrogens is 1350 g/mol. The summed E-state index contributed by atoms with van der Waals surface area (Å²) in [6.45, 7) is 36.6. The SMILES string of the molecule is CC(C)c1cccc(C(C)C)c1-n1[c-][n+](-c2c(C(C)C)cccc2C(C)C)c2ccccc21.CC(C)c1cccc(C(C)C)c1-n1[c-][n+](-c2c(C(C)C)cccc2C(C)C)c2ccccc21.[Au].[Au].[c-]1cc2cc3o[c-]cc3cc2o1. The van der Waals surface area contributed by atoms with Crippen LogP contribution in [0.2, 0.25) is 0 Å². The Morgan fingerprint density at radius 1 is 0.338 bits per heavy atom. The van der Waals surface area contributed by atoms with E-state index in [0.29, 0.717) is 47.3 Å². The monoisotopic (exact) mass is 1430 g/mol. The smallest absolute Gasteiger partial charge is 0.269 e. The zero-order valence-corrected chi connectivity index (χ0v) is 54.0. The molecule has 0 amide bonds. The van der Waals surface area contributed by atoms with Gasteiger partial charge in [0.1, 0.15) is 0 Å². The molecule has 424 valence electrons. The first-order valence-electron chi connectivity index (χ1n) is 28.5. The number of fused-ring (bicyclic) bond motifs is 4. The van der Waals surface area contributed by atoms with E-state index in [1.54, 1.807) is 12.1 Å². The van der Waals surface area contributed by atoms with E-state index in [9.17, 15) is 0 Å². The van der Waals surface area contributed by atoms with Gasteiger partial charge in [0.25, 0.3) is 12.7 Å². The Labute approximate surface area is 508 Å². The summed E-state index contributed by atoms with van der Waals surface area (Å²) in [5.41, 5.74) is 22.5. The van der Waals surface area contributed by atoms with E-state index < -0.39 is 0 Å². The van der Waals surface area contributed by atoms with Gasteiger partial charge in [-0.05, 0) is 116 Å². The predicted octanol–water partition coefficient (Wildman–Crippen LogP) is 19.2. The molecule has 4 aromatic heterocycles. The summed E-state index contributed by atoms with van der Waals surface area (Å²) in [5, 5.41) is 2.01. The predicted molar refractivity (Wildman–Crippen MR) is 324 cm³/mol. The minimum Gasteiger partial charge on any atom is -0.592 e. The van der Waals surface area contributed by atoms with Crippen molar-refractivity contribution in [3.8, 4) is 22.7 Å². The van der Waals surface area contributed by atoms with Crippen molar-refractivity contribution in [2.24, 2.45) is 0 Å². The third-order valence-electron chi connectivity index (χ3n) is 15.3. The normalized spacial score (nSPS) is 11.7. The van der Waals surface area contributed by atoms with E-state index in [2.05, 4.69) is 276 Å². The zero-order chi connectivity index (χ0) is 55.7. The number of rotatable bonds is 12. The Balaban J connectivity index is 0.000000187. The Morgan fingerprint density at radius 2 is 0.600 bits per heavy atom. The maximum absolute atomic E-state index is 5.11. The van der Waals surface area contributed by atoms with Crippen molar-refractivity contribution in [2.75, 3.05) is 0 Å². The largest absolute Gasteiger partial charge is 0.592 e. The molecular formula is C72H80Au2N4O2-2. The van der Waals surface area contributed by atoms with E-state index in [1.807, 2.05) is 12.1 Å². The molecule has 0 saturated carbocycles. The van der Waals surface area contributed by atoms with Crippen molar-refractivity contribution in [1.29, 1.82) is 0 Å². The third kappa shape index (κ3) is 12.3. The van der Waals surface area contributed by atoms with Gasteiger partial charge in [0.05, 0.1) is 44.8 Å². The average Bonchev–Trinajstić information content (AvgIpc) is 4.25. The summed E-state index contributed by atoms with van der Waals surface area (Å²) in [7, 11) is 0. The van der Waals surface area contributed by atoms with Crippen LogP contribution in [0.1, 0.15) is 203 Å². The maximum Gasteiger partial charge on any atom is 0.269 e. The molecule has 7 aromatic carbocycles. The molecule has 0 bridgehead atoms. The quantitative estimate of drug-likeness (QED) is 0.0695. The fraction of sp³-hybridized carbons (Fsp3) is 0.333. The fourth-order valence-electron chi connectivity index (χ4n) is 11.2. The van der Waals surface area contributed by atoms with Gasteiger partial charge in [-0.1, -0.05) is 232 Å². The molecule has 2 radical (unpaired) electrons.